The van der Waals surface area contributed by atoms with Crippen LogP contribution >= 0.6 is 0 Å². The highest BCUT2D eigenvalue weighted by atomic mass is 19.1. The first-order valence-corrected chi connectivity index (χ1v) is 4.95. The molecule has 0 unspecified atom stereocenters. The molecule has 17 heavy (non-hydrogen) atoms. The maximum Gasteiger partial charge on any atom is 0.220 e. The zero-order chi connectivity index (χ0) is 12.3. The fourth-order valence-corrected chi connectivity index (χ4v) is 1.50. The zero-order valence-electron chi connectivity index (χ0n) is 8.89. The Labute approximate surface area is 97.6 Å². The molecule has 1 aromatic heterocycles. The van der Waals surface area contributed by atoms with Crippen molar-refractivity contribution in [3.63, 3.8) is 0 Å². The topological polar surface area (TPSA) is 75.6 Å². The highest BCUT2D eigenvalue weighted by Gasteiger charge is 2.07. The maximum absolute atomic E-state index is 13.0. The summed E-state index contributed by atoms with van der Waals surface area (Å²) in [5.74, 6) is -0.210. The average molecular weight is 228 g/mol. The molecule has 2 rings (SSSR count). The number of aromatic nitrogens is 2. The Morgan fingerprint density at radius 2 is 2.24 bits per heavy atom. The Balaban J connectivity index is 2.36. The van der Waals surface area contributed by atoms with E-state index >= 15 is 0 Å². The van der Waals surface area contributed by atoms with E-state index in [1.807, 2.05) is 6.07 Å². The monoisotopic (exact) mass is 228 g/mol. The van der Waals surface area contributed by atoms with Gasteiger partial charge in [-0.1, -0.05) is 12.1 Å². The van der Waals surface area contributed by atoms with Crippen molar-refractivity contribution in [1.82, 2.24) is 9.97 Å². The van der Waals surface area contributed by atoms with Crippen molar-refractivity contribution < 1.29 is 4.39 Å². The second-order valence-electron chi connectivity index (χ2n) is 3.51. The van der Waals surface area contributed by atoms with Crippen LogP contribution < -0.4 is 5.73 Å². The molecule has 4 nitrogen and oxygen atoms in total. The van der Waals surface area contributed by atoms with Crippen molar-refractivity contribution in [2.75, 3.05) is 5.73 Å². The first kappa shape index (κ1) is 11.0. The number of benzene rings is 1. The summed E-state index contributed by atoms with van der Waals surface area (Å²) in [6.45, 7) is 0. The van der Waals surface area contributed by atoms with Crippen molar-refractivity contribution in [2.45, 2.75) is 6.42 Å². The van der Waals surface area contributed by atoms with Crippen LogP contribution in [0.5, 0.6) is 0 Å². The number of nitrogen functional groups attached to an aromatic ring is 1. The molecule has 2 aromatic rings. The minimum absolute atomic E-state index is 0.107. The number of halogens is 1. The van der Waals surface area contributed by atoms with Crippen molar-refractivity contribution in [1.29, 1.82) is 5.26 Å². The van der Waals surface area contributed by atoms with Gasteiger partial charge in [-0.25, -0.2) is 14.4 Å². The molecule has 0 saturated heterocycles. The van der Waals surface area contributed by atoms with Gasteiger partial charge in [0.25, 0.3) is 0 Å². The molecular formula is C12H9FN4. The number of nitriles is 1. The van der Waals surface area contributed by atoms with E-state index < -0.39 is 0 Å². The zero-order valence-corrected chi connectivity index (χ0v) is 8.89. The lowest BCUT2D eigenvalue weighted by Crippen LogP contribution is -2.03. The normalized spacial score (nSPS) is 9.88. The third-order valence-electron chi connectivity index (χ3n) is 2.27. The lowest BCUT2D eigenvalue weighted by atomic mass is 10.1. The van der Waals surface area contributed by atoms with Crippen LogP contribution in [0.4, 0.5) is 10.3 Å². The standard InChI is InChI=1S/C12H9FN4/c13-10-3-1-2-8(4-10)5-11-9(6-14)7-16-12(15)17-11/h1-4,7H,5H2,(H2,15,16,17). The molecular weight excluding hydrogens is 219 g/mol. The summed E-state index contributed by atoms with van der Waals surface area (Å²) < 4.78 is 13.0. The van der Waals surface area contributed by atoms with Crippen LogP contribution in [-0.2, 0) is 6.42 Å². The summed E-state index contributed by atoms with van der Waals surface area (Å²) in [7, 11) is 0. The molecule has 2 N–H and O–H groups in total. The fraction of sp³-hybridized carbons (Fsp3) is 0.0833. The number of nitrogens with zero attached hydrogens (tertiary/aromatic N) is 3. The van der Waals surface area contributed by atoms with Gasteiger partial charge in [-0.3, -0.25) is 0 Å². The van der Waals surface area contributed by atoms with Crippen LogP contribution in [0.3, 0.4) is 0 Å². The minimum Gasteiger partial charge on any atom is -0.368 e. The first-order valence-electron chi connectivity index (χ1n) is 4.95. The van der Waals surface area contributed by atoms with Gasteiger partial charge in [0, 0.05) is 6.42 Å². The molecule has 0 radical (unpaired) electrons. The van der Waals surface area contributed by atoms with Crippen LogP contribution in [0.25, 0.3) is 0 Å². The maximum atomic E-state index is 13.0. The third-order valence-corrected chi connectivity index (χ3v) is 2.27. The third kappa shape index (κ3) is 2.55. The summed E-state index contributed by atoms with van der Waals surface area (Å²) >= 11 is 0. The van der Waals surface area contributed by atoms with Gasteiger partial charge in [0.1, 0.15) is 11.9 Å². The molecule has 0 fully saturated rings. The largest absolute Gasteiger partial charge is 0.368 e. The van der Waals surface area contributed by atoms with Crippen molar-refractivity contribution in [2.24, 2.45) is 0 Å². The SMILES string of the molecule is N#Cc1cnc(N)nc1Cc1cccc(F)c1. The molecule has 0 bridgehead atoms. The van der Waals surface area contributed by atoms with Crippen molar-refractivity contribution >= 4 is 5.95 Å². The van der Waals surface area contributed by atoms with Gasteiger partial charge >= 0.3 is 0 Å². The van der Waals surface area contributed by atoms with Crippen LogP contribution in [0.2, 0.25) is 0 Å². The molecule has 0 aliphatic carbocycles. The highest BCUT2D eigenvalue weighted by Crippen LogP contribution is 2.13. The van der Waals surface area contributed by atoms with Crippen molar-refractivity contribution in [3.8, 4) is 6.07 Å². The molecule has 0 aliphatic rings. The van der Waals surface area contributed by atoms with Gasteiger partial charge in [-0.05, 0) is 17.7 Å². The smallest absolute Gasteiger partial charge is 0.220 e. The predicted octanol–water partition coefficient (Wildman–Crippen LogP) is 1.66. The Morgan fingerprint density at radius 3 is 2.94 bits per heavy atom. The van der Waals surface area contributed by atoms with E-state index in [-0.39, 0.29) is 11.8 Å². The molecule has 0 saturated carbocycles. The van der Waals surface area contributed by atoms with E-state index in [9.17, 15) is 4.39 Å². The summed E-state index contributed by atoms with van der Waals surface area (Å²) in [6, 6.07) is 8.13. The highest BCUT2D eigenvalue weighted by molar-refractivity contribution is 5.37. The number of hydrogen-bond donors (Lipinski definition) is 1. The van der Waals surface area contributed by atoms with Gasteiger partial charge < -0.3 is 5.73 Å². The van der Waals surface area contributed by atoms with Crippen LogP contribution in [0.15, 0.2) is 30.5 Å². The lowest BCUT2D eigenvalue weighted by Gasteiger charge is -2.04. The minimum atomic E-state index is -0.317. The second-order valence-corrected chi connectivity index (χ2v) is 3.51. The first-order chi connectivity index (χ1) is 8.19. The van der Waals surface area contributed by atoms with Gasteiger partial charge in [0.15, 0.2) is 0 Å². The van der Waals surface area contributed by atoms with Crippen LogP contribution in [0.1, 0.15) is 16.8 Å². The summed E-state index contributed by atoms with van der Waals surface area (Å²) in [5.41, 5.74) is 7.05. The number of rotatable bonds is 2. The quantitative estimate of drug-likeness (QED) is 0.848. The van der Waals surface area contributed by atoms with Crippen molar-refractivity contribution in [3.05, 3.63) is 53.1 Å². The second kappa shape index (κ2) is 4.58. The van der Waals surface area contributed by atoms with Gasteiger partial charge in [0.2, 0.25) is 5.95 Å². The van der Waals surface area contributed by atoms with E-state index in [0.29, 0.717) is 17.7 Å². The Bertz CT molecular complexity index is 589. The molecule has 1 heterocycles. The van der Waals surface area contributed by atoms with E-state index in [4.69, 9.17) is 11.0 Å². The molecule has 0 spiro atoms. The average Bonchev–Trinajstić information content (AvgIpc) is 2.29. The van der Waals surface area contributed by atoms with Gasteiger partial charge in [0.05, 0.1) is 17.5 Å². The molecule has 5 heteroatoms. The number of nitrogens with two attached hydrogens (primary N) is 1. The Kier molecular flexibility index (Phi) is 2.97. The van der Waals surface area contributed by atoms with Gasteiger partial charge in [-0.2, -0.15) is 5.26 Å². The molecule has 0 aliphatic heterocycles. The fourth-order valence-electron chi connectivity index (χ4n) is 1.50. The number of anilines is 1. The van der Waals surface area contributed by atoms with E-state index in [1.54, 1.807) is 12.1 Å². The molecule has 84 valence electrons. The van der Waals surface area contributed by atoms with Crippen LogP contribution in [-0.4, -0.2) is 9.97 Å². The predicted molar refractivity (Wildman–Crippen MR) is 60.4 cm³/mol. The van der Waals surface area contributed by atoms with E-state index in [1.165, 1.54) is 18.3 Å². The summed E-state index contributed by atoms with van der Waals surface area (Å²) in [5, 5.41) is 8.90. The summed E-state index contributed by atoms with van der Waals surface area (Å²) in [4.78, 5) is 7.73. The summed E-state index contributed by atoms with van der Waals surface area (Å²) in [6.07, 6.45) is 1.73. The molecule has 1 aromatic carbocycles. The Hall–Kier alpha value is -2.48. The van der Waals surface area contributed by atoms with Gasteiger partial charge in [-0.15, -0.1) is 0 Å². The Morgan fingerprint density at radius 1 is 1.41 bits per heavy atom. The van der Waals surface area contributed by atoms with E-state index in [2.05, 4.69) is 9.97 Å². The van der Waals surface area contributed by atoms with E-state index in [0.717, 1.165) is 5.56 Å². The molecule has 0 atom stereocenters. The lowest BCUT2D eigenvalue weighted by molar-refractivity contribution is 0.626. The molecule has 0 amide bonds. The number of hydrogen-bond acceptors (Lipinski definition) is 4. The van der Waals surface area contributed by atoms with Crippen LogP contribution in [0, 0.1) is 17.1 Å².